The van der Waals surface area contributed by atoms with Crippen LogP contribution in [-0.2, 0) is 4.79 Å². The number of para-hydroxylation sites is 1. The molecule has 1 saturated heterocycles. The highest BCUT2D eigenvalue weighted by atomic mass is 16.5. The number of nitrogens with one attached hydrogen (secondary N) is 1. The lowest BCUT2D eigenvalue weighted by Crippen LogP contribution is -2.53. The number of aliphatic imine (C=N–C) groups is 1. The van der Waals surface area contributed by atoms with E-state index in [-0.39, 0.29) is 5.91 Å². The van der Waals surface area contributed by atoms with E-state index in [1.807, 2.05) is 23.1 Å². The molecule has 1 aromatic carbocycles. The first kappa shape index (κ1) is 19.1. The Morgan fingerprint density at radius 2 is 1.88 bits per heavy atom. The average Bonchev–Trinajstić information content (AvgIpc) is 2.62. The number of carbonyl (C=O) groups is 1. The Morgan fingerprint density at radius 3 is 2.52 bits per heavy atom. The first-order valence-corrected chi connectivity index (χ1v) is 9.09. The molecule has 1 aliphatic rings. The molecule has 0 unspecified atom stereocenters. The fourth-order valence-corrected chi connectivity index (χ4v) is 2.81. The smallest absolute Gasteiger partial charge is 0.219 e. The molecule has 0 saturated carbocycles. The standard InChI is InChI=1S/C19H30N4O2/c1-4-20-19(23-13-11-22(12-14-23)17(3)24)21-10-7-15-25-18-9-6-5-8-16(18)2/h5-6,8-9H,4,7,10-15H2,1-3H3,(H,20,21). The highest BCUT2D eigenvalue weighted by Gasteiger charge is 2.20. The molecule has 2 rings (SSSR count). The molecule has 0 spiro atoms. The van der Waals surface area contributed by atoms with Crippen molar-refractivity contribution in [2.45, 2.75) is 27.2 Å². The lowest BCUT2D eigenvalue weighted by molar-refractivity contribution is -0.130. The highest BCUT2D eigenvalue weighted by Crippen LogP contribution is 2.16. The van der Waals surface area contributed by atoms with Crippen LogP contribution >= 0.6 is 0 Å². The minimum absolute atomic E-state index is 0.148. The zero-order valence-corrected chi connectivity index (χ0v) is 15.6. The number of amides is 1. The summed E-state index contributed by atoms with van der Waals surface area (Å²) in [6, 6.07) is 8.06. The Morgan fingerprint density at radius 1 is 1.20 bits per heavy atom. The van der Waals surface area contributed by atoms with E-state index < -0.39 is 0 Å². The van der Waals surface area contributed by atoms with Gasteiger partial charge < -0.3 is 19.9 Å². The van der Waals surface area contributed by atoms with Crippen molar-refractivity contribution >= 4 is 11.9 Å². The number of nitrogens with zero attached hydrogens (tertiary/aromatic N) is 3. The van der Waals surface area contributed by atoms with Gasteiger partial charge in [0.1, 0.15) is 5.75 Å². The van der Waals surface area contributed by atoms with Crippen molar-refractivity contribution in [1.29, 1.82) is 0 Å². The van der Waals surface area contributed by atoms with Crippen molar-refractivity contribution in [1.82, 2.24) is 15.1 Å². The van der Waals surface area contributed by atoms with Crippen molar-refractivity contribution in [3.63, 3.8) is 0 Å². The molecule has 0 aromatic heterocycles. The van der Waals surface area contributed by atoms with Gasteiger partial charge in [-0.25, -0.2) is 0 Å². The number of carbonyl (C=O) groups excluding carboxylic acids is 1. The summed E-state index contributed by atoms with van der Waals surface area (Å²) in [7, 11) is 0. The lowest BCUT2D eigenvalue weighted by Gasteiger charge is -2.36. The molecule has 1 heterocycles. The van der Waals surface area contributed by atoms with Crippen LogP contribution < -0.4 is 10.1 Å². The quantitative estimate of drug-likeness (QED) is 0.486. The zero-order chi connectivity index (χ0) is 18.1. The fourth-order valence-electron chi connectivity index (χ4n) is 2.81. The molecule has 138 valence electrons. The van der Waals surface area contributed by atoms with Crippen LogP contribution in [0.3, 0.4) is 0 Å². The Hall–Kier alpha value is -2.24. The maximum absolute atomic E-state index is 11.4. The molecule has 6 heteroatoms. The molecule has 1 N–H and O–H groups in total. The van der Waals surface area contributed by atoms with Crippen LogP contribution in [0.25, 0.3) is 0 Å². The molecule has 0 atom stereocenters. The van der Waals surface area contributed by atoms with Gasteiger partial charge in [0.2, 0.25) is 5.91 Å². The number of aryl methyl sites for hydroxylation is 1. The van der Waals surface area contributed by atoms with Crippen molar-refractivity contribution in [3.05, 3.63) is 29.8 Å². The van der Waals surface area contributed by atoms with Crippen LogP contribution in [0.2, 0.25) is 0 Å². The molecule has 1 aromatic rings. The number of ether oxygens (including phenoxy) is 1. The monoisotopic (exact) mass is 346 g/mol. The fraction of sp³-hybridized carbons (Fsp3) is 0.579. The first-order chi connectivity index (χ1) is 12.1. The second kappa shape index (κ2) is 9.91. The van der Waals surface area contributed by atoms with Crippen LogP contribution in [0.15, 0.2) is 29.3 Å². The summed E-state index contributed by atoms with van der Waals surface area (Å²) in [4.78, 5) is 20.3. The predicted octanol–water partition coefficient (Wildman–Crippen LogP) is 1.89. The second-order valence-corrected chi connectivity index (χ2v) is 6.20. The molecule has 0 aliphatic carbocycles. The van der Waals surface area contributed by atoms with Crippen LogP contribution in [0, 0.1) is 6.92 Å². The van der Waals surface area contributed by atoms with Gasteiger partial charge in [-0.15, -0.1) is 0 Å². The summed E-state index contributed by atoms with van der Waals surface area (Å²) in [6.07, 6.45) is 0.872. The van der Waals surface area contributed by atoms with E-state index in [1.165, 1.54) is 0 Å². The molecule has 1 fully saturated rings. The number of rotatable bonds is 6. The summed E-state index contributed by atoms with van der Waals surface area (Å²) >= 11 is 0. The van der Waals surface area contributed by atoms with Crippen molar-refractivity contribution < 1.29 is 9.53 Å². The van der Waals surface area contributed by atoms with Gasteiger partial charge in [0.05, 0.1) is 6.61 Å². The molecule has 1 aliphatic heterocycles. The van der Waals surface area contributed by atoms with E-state index in [0.717, 1.165) is 63.0 Å². The molecular weight excluding hydrogens is 316 g/mol. The molecule has 0 bridgehead atoms. The van der Waals surface area contributed by atoms with Gasteiger partial charge in [0, 0.05) is 52.6 Å². The number of benzene rings is 1. The molecule has 1 amide bonds. The Labute approximate surface area is 150 Å². The van der Waals surface area contributed by atoms with E-state index in [9.17, 15) is 4.79 Å². The van der Waals surface area contributed by atoms with Crippen molar-refractivity contribution in [3.8, 4) is 5.75 Å². The van der Waals surface area contributed by atoms with Crippen LogP contribution in [-0.4, -0.2) is 67.5 Å². The third-order valence-electron chi connectivity index (χ3n) is 4.27. The van der Waals surface area contributed by atoms with Gasteiger partial charge in [-0.05, 0) is 25.5 Å². The zero-order valence-electron chi connectivity index (χ0n) is 15.6. The molecular formula is C19H30N4O2. The summed E-state index contributed by atoms with van der Waals surface area (Å²) in [5, 5.41) is 3.35. The van der Waals surface area contributed by atoms with Crippen molar-refractivity contribution in [2.75, 3.05) is 45.9 Å². The third kappa shape index (κ3) is 5.96. The maximum Gasteiger partial charge on any atom is 0.219 e. The Kier molecular flexibility index (Phi) is 7.57. The maximum atomic E-state index is 11.4. The van der Waals surface area contributed by atoms with Gasteiger partial charge in [-0.3, -0.25) is 9.79 Å². The average molecular weight is 346 g/mol. The molecule has 6 nitrogen and oxygen atoms in total. The largest absolute Gasteiger partial charge is 0.493 e. The number of piperazine rings is 1. The summed E-state index contributed by atoms with van der Waals surface area (Å²) in [5.41, 5.74) is 1.16. The highest BCUT2D eigenvalue weighted by molar-refractivity contribution is 5.80. The Balaban J connectivity index is 1.78. The summed E-state index contributed by atoms with van der Waals surface area (Å²) in [6.45, 7) is 11.1. The second-order valence-electron chi connectivity index (χ2n) is 6.20. The molecule has 0 radical (unpaired) electrons. The van der Waals surface area contributed by atoms with Gasteiger partial charge in [-0.2, -0.15) is 0 Å². The van der Waals surface area contributed by atoms with E-state index in [1.54, 1.807) is 6.92 Å². The molecule has 25 heavy (non-hydrogen) atoms. The topological polar surface area (TPSA) is 57.2 Å². The number of hydrogen-bond donors (Lipinski definition) is 1. The van der Waals surface area contributed by atoms with Gasteiger partial charge >= 0.3 is 0 Å². The van der Waals surface area contributed by atoms with Crippen LogP contribution in [0.5, 0.6) is 5.75 Å². The normalized spacial score (nSPS) is 15.2. The van der Waals surface area contributed by atoms with Crippen LogP contribution in [0.1, 0.15) is 25.8 Å². The van der Waals surface area contributed by atoms with Gasteiger partial charge in [0.15, 0.2) is 5.96 Å². The van der Waals surface area contributed by atoms with E-state index >= 15 is 0 Å². The first-order valence-electron chi connectivity index (χ1n) is 9.09. The van der Waals surface area contributed by atoms with Gasteiger partial charge in [-0.1, -0.05) is 18.2 Å². The van der Waals surface area contributed by atoms with Gasteiger partial charge in [0.25, 0.3) is 0 Å². The predicted molar refractivity (Wildman–Crippen MR) is 101 cm³/mol. The Bertz CT molecular complexity index is 581. The van der Waals surface area contributed by atoms with E-state index in [0.29, 0.717) is 6.61 Å². The number of hydrogen-bond acceptors (Lipinski definition) is 3. The minimum atomic E-state index is 0.148. The minimum Gasteiger partial charge on any atom is -0.493 e. The summed E-state index contributed by atoms with van der Waals surface area (Å²) in [5.74, 6) is 2.02. The third-order valence-corrected chi connectivity index (χ3v) is 4.27. The SMILES string of the molecule is CCNC(=NCCCOc1ccccc1C)N1CCN(C(C)=O)CC1. The van der Waals surface area contributed by atoms with E-state index in [4.69, 9.17) is 9.73 Å². The van der Waals surface area contributed by atoms with E-state index in [2.05, 4.69) is 30.1 Å². The summed E-state index contributed by atoms with van der Waals surface area (Å²) < 4.78 is 5.82. The lowest BCUT2D eigenvalue weighted by atomic mass is 10.2. The van der Waals surface area contributed by atoms with Crippen LogP contribution in [0.4, 0.5) is 0 Å². The van der Waals surface area contributed by atoms with Crippen molar-refractivity contribution in [2.24, 2.45) is 4.99 Å². The number of guanidine groups is 1.